The Bertz CT molecular complexity index is 643. The molecule has 2 aliphatic rings. The number of nitrogens with one attached hydrogen (secondary N) is 1. The lowest BCUT2D eigenvalue weighted by Crippen LogP contribution is -2.39. The van der Waals surface area contributed by atoms with Gasteiger partial charge in [0.05, 0.1) is 18.1 Å². The van der Waals surface area contributed by atoms with Crippen molar-refractivity contribution in [3.8, 4) is 0 Å². The number of carbonyl (C=O) groups excluding carboxylic acids is 1. The van der Waals surface area contributed by atoms with Crippen LogP contribution in [0.15, 0.2) is 30.4 Å². The van der Waals surface area contributed by atoms with Gasteiger partial charge in [0.1, 0.15) is 5.92 Å². The smallest absolute Gasteiger partial charge is 0.310 e. The fraction of sp³-hybridized carbons (Fsp3) is 0.333. The van der Waals surface area contributed by atoms with Gasteiger partial charge < -0.3 is 15.2 Å². The van der Waals surface area contributed by atoms with Crippen LogP contribution in [-0.4, -0.2) is 29.2 Å². The average molecular weight is 308 g/mol. The highest BCUT2D eigenvalue weighted by Gasteiger charge is 2.53. The standard InChI is InChI=1S/C15H14ClNO4/c1-7-2-3-8(16)6-9(7)17-14(18)12-10-4-5-11(21-10)13(12)15(19)20/h2-6,10-13H,1H3,(H,17,18)(H,19,20)/t10-,11-,12+,13+/m1/s1. The number of ether oxygens (including phenoxy) is 1. The topological polar surface area (TPSA) is 75.6 Å². The van der Waals surface area contributed by atoms with Gasteiger partial charge in [0, 0.05) is 10.7 Å². The van der Waals surface area contributed by atoms with Crippen LogP contribution in [0.3, 0.4) is 0 Å². The first-order valence-electron chi connectivity index (χ1n) is 6.61. The molecule has 0 saturated carbocycles. The van der Waals surface area contributed by atoms with Crippen molar-refractivity contribution in [1.29, 1.82) is 0 Å². The molecule has 2 N–H and O–H groups in total. The van der Waals surface area contributed by atoms with Crippen molar-refractivity contribution in [3.05, 3.63) is 40.9 Å². The summed E-state index contributed by atoms with van der Waals surface area (Å²) in [4.78, 5) is 23.8. The first-order chi connectivity index (χ1) is 9.97. The summed E-state index contributed by atoms with van der Waals surface area (Å²) < 4.78 is 5.49. The Kier molecular flexibility index (Phi) is 3.47. The van der Waals surface area contributed by atoms with E-state index in [1.54, 1.807) is 30.4 Å². The van der Waals surface area contributed by atoms with E-state index in [2.05, 4.69) is 5.32 Å². The summed E-state index contributed by atoms with van der Waals surface area (Å²) in [6, 6.07) is 5.17. The lowest BCUT2D eigenvalue weighted by atomic mass is 9.82. The van der Waals surface area contributed by atoms with Gasteiger partial charge in [-0.1, -0.05) is 29.8 Å². The number of anilines is 1. The van der Waals surface area contributed by atoms with Crippen LogP contribution in [0.2, 0.25) is 5.02 Å². The van der Waals surface area contributed by atoms with E-state index in [-0.39, 0.29) is 5.91 Å². The van der Waals surface area contributed by atoms with Crippen molar-refractivity contribution >= 4 is 29.2 Å². The van der Waals surface area contributed by atoms with Gasteiger partial charge in [0.2, 0.25) is 5.91 Å². The molecule has 3 rings (SSSR count). The lowest BCUT2D eigenvalue weighted by Gasteiger charge is -2.21. The summed E-state index contributed by atoms with van der Waals surface area (Å²) in [5.74, 6) is -2.95. The number of rotatable bonds is 3. The molecule has 0 aliphatic carbocycles. The Morgan fingerprint density at radius 3 is 2.57 bits per heavy atom. The van der Waals surface area contributed by atoms with Gasteiger partial charge >= 0.3 is 5.97 Å². The number of carbonyl (C=O) groups is 2. The predicted molar refractivity (Wildman–Crippen MR) is 77.2 cm³/mol. The third-order valence-electron chi connectivity index (χ3n) is 3.94. The molecule has 0 radical (unpaired) electrons. The van der Waals surface area contributed by atoms with E-state index in [9.17, 15) is 14.7 Å². The summed E-state index contributed by atoms with van der Waals surface area (Å²) in [5.41, 5.74) is 1.45. The Morgan fingerprint density at radius 1 is 1.24 bits per heavy atom. The van der Waals surface area contributed by atoms with Crippen LogP contribution in [0.1, 0.15) is 5.56 Å². The number of halogens is 1. The fourth-order valence-electron chi connectivity index (χ4n) is 2.86. The number of carboxylic acids is 1. The number of amides is 1. The molecular formula is C15H14ClNO4. The third-order valence-corrected chi connectivity index (χ3v) is 4.18. The first-order valence-corrected chi connectivity index (χ1v) is 6.99. The zero-order valence-electron chi connectivity index (χ0n) is 11.2. The Hall–Kier alpha value is -1.85. The summed E-state index contributed by atoms with van der Waals surface area (Å²) in [7, 11) is 0. The number of fused-ring (bicyclic) bond motifs is 2. The highest BCUT2D eigenvalue weighted by atomic mass is 35.5. The average Bonchev–Trinajstić information content (AvgIpc) is 3.03. The molecule has 6 heteroatoms. The van der Waals surface area contributed by atoms with Gasteiger partial charge in [-0.2, -0.15) is 0 Å². The van der Waals surface area contributed by atoms with Crippen molar-refractivity contribution in [2.24, 2.45) is 11.8 Å². The maximum Gasteiger partial charge on any atom is 0.310 e. The zero-order chi connectivity index (χ0) is 15.1. The quantitative estimate of drug-likeness (QED) is 0.840. The van der Waals surface area contributed by atoms with Gasteiger partial charge in [-0.05, 0) is 24.6 Å². The van der Waals surface area contributed by atoms with Gasteiger partial charge in [-0.25, -0.2) is 0 Å². The van der Waals surface area contributed by atoms with E-state index in [0.717, 1.165) is 5.56 Å². The molecule has 1 saturated heterocycles. The second-order valence-electron chi connectivity index (χ2n) is 5.29. The fourth-order valence-corrected chi connectivity index (χ4v) is 3.03. The van der Waals surface area contributed by atoms with Crippen molar-refractivity contribution in [1.82, 2.24) is 0 Å². The second kappa shape index (κ2) is 5.16. The molecule has 110 valence electrons. The minimum Gasteiger partial charge on any atom is -0.481 e. The number of carboxylic acid groups (broad SMARTS) is 1. The molecular weight excluding hydrogens is 294 g/mol. The highest BCUT2D eigenvalue weighted by Crippen LogP contribution is 2.40. The van der Waals surface area contributed by atoms with Crippen LogP contribution in [0.5, 0.6) is 0 Å². The minimum atomic E-state index is -1.02. The number of aliphatic carboxylic acids is 1. The molecule has 1 aromatic carbocycles. The summed E-state index contributed by atoms with van der Waals surface area (Å²) in [5, 5.41) is 12.6. The molecule has 2 bridgehead atoms. The van der Waals surface area contributed by atoms with E-state index >= 15 is 0 Å². The number of aryl methyl sites for hydroxylation is 1. The molecule has 2 heterocycles. The van der Waals surface area contributed by atoms with Crippen LogP contribution in [0, 0.1) is 18.8 Å². The van der Waals surface area contributed by atoms with Crippen LogP contribution in [0.4, 0.5) is 5.69 Å². The van der Waals surface area contributed by atoms with Gasteiger partial charge in [-0.15, -0.1) is 0 Å². The minimum absolute atomic E-state index is 0.357. The van der Waals surface area contributed by atoms with Gasteiger partial charge in [-0.3, -0.25) is 9.59 Å². The van der Waals surface area contributed by atoms with Crippen molar-refractivity contribution in [3.63, 3.8) is 0 Å². The Labute approximate surface area is 126 Å². The molecule has 21 heavy (non-hydrogen) atoms. The largest absolute Gasteiger partial charge is 0.481 e. The zero-order valence-corrected chi connectivity index (χ0v) is 12.0. The maximum absolute atomic E-state index is 12.5. The van der Waals surface area contributed by atoms with Crippen molar-refractivity contribution < 1.29 is 19.4 Å². The third kappa shape index (κ3) is 2.43. The summed E-state index contributed by atoms with van der Waals surface area (Å²) in [6.07, 6.45) is 2.45. The number of benzene rings is 1. The van der Waals surface area contributed by atoms with E-state index < -0.39 is 30.0 Å². The Morgan fingerprint density at radius 2 is 1.90 bits per heavy atom. The molecule has 4 atom stereocenters. The van der Waals surface area contributed by atoms with E-state index in [4.69, 9.17) is 16.3 Å². The number of hydrogen-bond acceptors (Lipinski definition) is 3. The van der Waals surface area contributed by atoms with Gasteiger partial charge in [0.15, 0.2) is 0 Å². The molecule has 0 unspecified atom stereocenters. The van der Waals surface area contributed by atoms with E-state index in [1.165, 1.54) is 0 Å². The molecule has 1 amide bonds. The molecule has 0 spiro atoms. The first kappa shape index (κ1) is 14.1. The predicted octanol–water partition coefficient (Wildman–Crippen LogP) is 2.24. The van der Waals surface area contributed by atoms with Crippen LogP contribution >= 0.6 is 11.6 Å². The van der Waals surface area contributed by atoms with Crippen LogP contribution < -0.4 is 5.32 Å². The number of hydrogen-bond donors (Lipinski definition) is 2. The summed E-state index contributed by atoms with van der Waals surface area (Å²) >= 11 is 5.92. The second-order valence-corrected chi connectivity index (χ2v) is 5.72. The lowest BCUT2D eigenvalue weighted by molar-refractivity contribution is -0.145. The maximum atomic E-state index is 12.5. The van der Waals surface area contributed by atoms with Crippen LogP contribution in [-0.2, 0) is 14.3 Å². The Balaban J connectivity index is 1.83. The molecule has 0 aromatic heterocycles. The molecule has 1 fully saturated rings. The SMILES string of the molecule is Cc1ccc(Cl)cc1NC(=O)[C@@H]1[C@@H](C(=O)O)[C@H]2C=C[C@H]1O2. The normalized spacial score (nSPS) is 29.6. The van der Waals surface area contributed by atoms with E-state index in [0.29, 0.717) is 10.7 Å². The highest BCUT2D eigenvalue weighted by molar-refractivity contribution is 6.31. The molecule has 5 nitrogen and oxygen atoms in total. The van der Waals surface area contributed by atoms with E-state index in [1.807, 2.05) is 6.92 Å². The summed E-state index contributed by atoms with van der Waals surface area (Å²) in [6.45, 7) is 1.85. The van der Waals surface area contributed by atoms with Crippen LogP contribution in [0.25, 0.3) is 0 Å². The molecule has 2 aliphatic heterocycles. The molecule has 1 aromatic rings. The van der Waals surface area contributed by atoms with Gasteiger partial charge in [0.25, 0.3) is 0 Å². The monoisotopic (exact) mass is 307 g/mol. The van der Waals surface area contributed by atoms with Crippen molar-refractivity contribution in [2.75, 3.05) is 5.32 Å². The van der Waals surface area contributed by atoms with Crippen molar-refractivity contribution in [2.45, 2.75) is 19.1 Å².